The van der Waals surface area contributed by atoms with Gasteiger partial charge in [0.15, 0.2) is 0 Å². The summed E-state index contributed by atoms with van der Waals surface area (Å²) in [6.45, 7) is 3.01. The standard InChI is InChI=1S/C7H16ClO2P/c1-4-6-11(8,9)10-7(3)5-2/h7H,4-6H2,1-3H3. The molecule has 0 aromatic rings. The summed E-state index contributed by atoms with van der Waals surface area (Å²) in [6, 6.07) is 0. The van der Waals surface area contributed by atoms with Crippen LogP contribution in [0.4, 0.5) is 0 Å². The minimum atomic E-state index is -2.79. The highest BCUT2D eigenvalue weighted by Crippen LogP contribution is 2.53. The van der Waals surface area contributed by atoms with E-state index in [4.69, 9.17) is 15.8 Å². The van der Waals surface area contributed by atoms with Crippen LogP contribution in [0.15, 0.2) is 0 Å². The zero-order chi connectivity index (χ0) is 8.91. The molecule has 0 saturated heterocycles. The molecule has 0 fully saturated rings. The van der Waals surface area contributed by atoms with E-state index in [0.29, 0.717) is 6.16 Å². The topological polar surface area (TPSA) is 26.3 Å². The molecule has 0 aromatic carbocycles. The first-order valence-electron chi connectivity index (χ1n) is 3.99. The van der Waals surface area contributed by atoms with Crippen LogP contribution in [0.1, 0.15) is 33.6 Å². The zero-order valence-electron chi connectivity index (χ0n) is 7.34. The zero-order valence-corrected chi connectivity index (χ0v) is 8.99. The Morgan fingerprint density at radius 1 is 1.55 bits per heavy atom. The van der Waals surface area contributed by atoms with Gasteiger partial charge in [-0.1, -0.05) is 13.8 Å². The summed E-state index contributed by atoms with van der Waals surface area (Å²) >= 11 is 5.64. The molecule has 2 nitrogen and oxygen atoms in total. The van der Waals surface area contributed by atoms with Crippen molar-refractivity contribution in [1.29, 1.82) is 0 Å². The molecular weight excluding hydrogens is 183 g/mol. The van der Waals surface area contributed by atoms with E-state index in [-0.39, 0.29) is 6.10 Å². The number of hydrogen-bond donors (Lipinski definition) is 0. The molecule has 0 aliphatic carbocycles. The summed E-state index contributed by atoms with van der Waals surface area (Å²) in [5.41, 5.74) is 0. The van der Waals surface area contributed by atoms with Gasteiger partial charge < -0.3 is 4.52 Å². The van der Waals surface area contributed by atoms with Gasteiger partial charge in [0.05, 0.1) is 6.10 Å². The predicted octanol–water partition coefficient (Wildman–Crippen LogP) is 3.64. The van der Waals surface area contributed by atoms with E-state index in [1.165, 1.54) is 0 Å². The molecular formula is C7H16ClO2P. The summed E-state index contributed by atoms with van der Waals surface area (Å²) in [4.78, 5) is 0. The van der Waals surface area contributed by atoms with Gasteiger partial charge in [-0.05, 0) is 31.0 Å². The largest absolute Gasteiger partial charge is 0.314 e. The van der Waals surface area contributed by atoms with E-state index < -0.39 is 6.72 Å². The van der Waals surface area contributed by atoms with Crippen molar-refractivity contribution < 1.29 is 9.09 Å². The van der Waals surface area contributed by atoms with Crippen molar-refractivity contribution in [2.24, 2.45) is 0 Å². The maximum atomic E-state index is 11.3. The molecule has 0 bridgehead atoms. The minimum Gasteiger partial charge on any atom is -0.314 e. The van der Waals surface area contributed by atoms with E-state index >= 15 is 0 Å². The van der Waals surface area contributed by atoms with Gasteiger partial charge in [-0.2, -0.15) is 0 Å². The molecule has 2 unspecified atom stereocenters. The van der Waals surface area contributed by atoms with Gasteiger partial charge in [0.2, 0.25) is 0 Å². The SMILES string of the molecule is CCCP(=O)(Cl)OC(C)CC. The quantitative estimate of drug-likeness (QED) is 0.631. The molecule has 4 heteroatoms. The Bertz CT molecular complexity index is 149. The number of rotatable bonds is 5. The lowest BCUT2D eigenvalue weighted by Gasteiger charge is -2.15. The third-order valence-corrected chi connectivity index (χ3v) is 3.81. The van der Waals surface area contributed by atoms with Crippen molar-refractivity contribution in [1.82, 2.24) is 0 Å². The molecule has 0 spiro atoms. The molecule has 0 saturated carbocycles. The first kappa shape index (κ1) is 11.5. The van der Waals surface area contributed by atoms with E-state index in [9.17, 15) is 4.57 Å². The van der Waals surface area contributed by atoms with Gasteiger partial charge in [-0.3, -0.25) is 4.57 Å². The summed E-state index contributed by atoms with van der Waals surface area (Å²) < 4.78 is 16.5. The molecule has 0 rings (SSSR count). The summed E-state index contributed by atoms with van der Waals surface area (Å²) in [7, 11) is 0. The highest BCUT2D eigenvalue weighted by atomic mass is 35.7. The number of hydrogen-bond acceptors (Lipinski definition) is 2. The first-order chi connectivity index (χ1) is 5.02. The van der Waals surface area contributed by atoms with Crippen molar-refractivity contribution in [3.63, 3.8) is 0 Å². The Labute approximate surface area is 73.5 Å². The lowest BCUT2D eigenvalue weighted by molar-refractivity contribution is 0.227. The molecule has 0 aliphatic heterocycles. The fourth-order valence-corrected chi connectivity index (χ4v) is 2.90. The molecule has 2 atom stereocenters. The smallest absolute Gasteiger partial charge is 0.290 e. The van der Waals surface area contributed by atoms with Crippen molar-refractivity contribution >= 4 is 18.0 Å². The second kappa shape index (κ2) is 5.18. The van der Waals surface area contributed by atoms with Crippen molar-refractivity contribution in [2.45, 2.75) is 39.7 Å². The second-order valence-corrected chi connectivity index (χ2v) is 6.02. The van der Waals surface area contributed by atoms with Crippen LogP contribution in [0.3, 0.4) is 0 Å². The van der Waals surface area contributed by atoms with Crippen molar-refractivity contribution in [3.05, 3.63) is 0 Å². The molecule has 0 heterocycles. The van der Waals surface area contributed by atoms with Gasteiger partial charge in [0, 0.05) is 6.16 Å². The van der Waals surface area contributed by atoms with Crippen LogP contribution < -0.4 is 0 Å². The van der Waals surface area contributed by atoms with Crippen LogP contribution in [-0.4, -0.2) is 12.3 Å². The minimum absolute atomic E-state index is 0.00452. The predicted molar refractivity (Wildman–Crippen MR) is 49.5 cm³/mol. The van der Waals surface area contributed by atoms with Gasteiger partial charge in [0.1, 0.15) is 0 Å². The van der Waals surface area contributed by atoms with E-state index in [2.05, 4.69) is 0 Å². The average molecular weight is 199 g/mol. The van der Waals surface area contributed by atoms with Crippen LogP contribution in [0.25, 0.3) is 0 Å². The van der Waals surface area contributed by atoms with Crippen LogP contribution in [0.5, 0.6) is 0 Å². The monoisotopic (exact) mass is 198 g/mol. The Balaban J connectivity index is 3.81. The summed E-state index contributed by atoms with van der Waals surface area (Å²) in [5.74, 6) is 0. The summed E-state index contributed by atoms with van der Waals surface area (Å²) in [5, 5.41) is 0. The van der Waals surface area contributed by atoms with Crippen LogP contribution in [0.2, 0.25) is 0 Å². The molecule has 11 heavy (non-hydrogen) atoms. The second-order valence-electron chi connectivity index (χ2n) is 2.64. The van der Waals surface area contributed by atoms with E-state index in [1.54, 1.807) is 0 Å². The highest BCUT2D eigenvalue weighted by Gasteiger charge is 2.20. The van der Waals surface area contributed by atoms with Crippen LogP contribution in [-0.2, 0) is 9.09 Å². The molecule has 0 aliphatic rings. The van der Waals surface area contributed by atoms with Gasteiger partial charge >= 0.3 is 0 Å². The maximum absolute atomic E-state index is 11.3. The number of halogens is 1. The maximum Gasteiger partial charge on any atom is 0.290 e. The van der Waals surface area contributed by atoms with Gasteiger partial charge in [-0.15, -0.1) is 0 Å². The summed E-state index contributed by atoms with van der Waals surface area (Å²) in [6.07, 6.45) is 2.13. The normalized spacial score (nSPS) is 19.3. The van der Waals surface area contributed by atoms with Crippen molar-refractivity contribution in [3.8, 4) is 0 Å². The van der Waals surface area contributed by atoms with Crippen molar-refractivity contribution in [2.75, 3.05) is 6.16 Å². The fraction of sp³-hybridized carbons (Fsp3) is 1.00. The molecule has 0 radical (unpaired) electrons. The van der Waals surface area contributed by atoms with E-state index in [0.717, 1.165) is 12.8 Å². The van der Waals surface area contributed by atoms with Crippen LogP contribution >= 0.6 is 18.0 Å². The first-order valence-corrected chi connectivity index (χ1v) is 6.70. The fourth-order valence-electron chi connectivity index (χ4n) is 0.663. The lowest BCUT2D eigenvalue weighted by atomic mass is 10.3. The van der Waals surface area contributed by atoms with E-state index in [1.807, 2.05) is 20.8 Å². The third-order valence-electron chi connectivity index (χ3n) is 1.40. The Hall–Kier alpha value is 0.480. The molecule has 68 valence electrons. The van der Waals surface area contributed by atoms with Gasteiger partial charge in [-0.25, -0.2) is 0 Å². The Morgan fingerprint density at radius 2 is 2.09 bits per heavy atom. The lowest BCUT2D eigenvalue weighted by Crippen LogP contribution is -2.03. The molecule has 0 aromatic heterocycles. The Morgan fingerprint density at radius 3 is 2.45 bits per heavy atom. The highest BCUT2D eigenvalue weighted by molar-refractivity contribution is 7.85. The van der Waals surface area contributed by atoms with Gasteiger partial charge in [0.25, 0.3) is 6.72 Å². The third kappa shape index (κ3) is 5.72. The van der Waals surface area contributed by atoms with Crippen LogP contribution in [0, 0.1) is 0 Å². The Kier molecular flexibility index (Phi) is 5.41. The molecule has 0 amide bonds. The average Bonchev–Trinajstić information content (AvgIpc) is 1.86. The molecule has 0 N–H and O–H groups in total.